The summed E-state index contributed by atoms with van der Waals surface area (Å²) in [5, 5.41) is 19.8. The zero-order valence-electron chi connectivity index (χ0n) is 9.65. The summed E-state index contributed by atoms with van der Waals surface area (Å²) in [4.78, 5) is 4.14. The fraction of sp³-hybridized carbons (Fsp3) is 0.700. The van der Waals surface area contributed by atoms with Crippen LogP contribution >= 0.6 is 0 Å². The van der Waals surface area contributed by atoms with Crippen LogP contribution in [0.25, 0.3) is 0 Å². The average Bonchev–Trinajstić information content (AvgIpc) is 2.17. The molecular weight excluding hydrogens is 192 g/mol. The maximum atomic E-state index is 8.84. The first-order valence-electron chi connectivity index (χ1n) is 5.01. The predicted octanol–water partition coefficient (Wildman–Crippen LogP) is 0.962. The molecule has 15 heavy (non-hydrogen) atoms. The number of aliphatic hydroxyl groups is 1. The third-order valence-electron chi connectivity index (χ3n) is 1.98. The first-order valence-corrected chi connectivity index (χ1v) is 5.01. The topological polar surface area (TPSA) is 70.9 Å². The zero-order chi connectivity index (χ0) is 11.5. The first-order chi connectivity index (χ1) is 6.93. The van der Waals surface area contributed by atoms with E-state index in [1.165, 1.54) is 0 Å². The van der Waals surface area contributed by atoms with Gasteiger partial charge in [0.15, 0.2) is 0 Å². The van der Waals surface area contributed by atoms with Crippen LogP contribution in [0.2, 0.25) is 0 Å². The lowest BCUT2D eigenvalue weighted by atomic mass is 9.93. The fourth-order valence-electron chi connectivity index (χ4n) is 0.951. The summed E-state index contributed by atoms with van der Waals surface area (Å²) < 4.78 is 0. The van der Waals surface area contributed by atoms with Crippen LogP contribution in [0.5, 0.6) is 0 Å². The fourth-order valence-corrected chi connectivity index (χ4v) is 0.951. The highest BCUT2D eigenvalue weighted by molar-refractivity contribution is 5.24. The molecule has 0 aliphatic rings. The summed E-state index contributed by atoms with van der Waals surface area (Å²) in [7, 11) is 0. The van der Waals surface area contributed by atoms with Gasteiger partial charge in [0.05, 0.1) is 18.5 Å². The van der Waals surface area contributed by atoms with Gasteiger partial charge in [-0.05, 0) is 6.92 Å². The van der Waals surface area contributed by atoms with Gasteiger partial charge in [-0.25, -0.2) is 4.98 Å². The van der Waals surface area contributed by atoms with Crippen molar-refractivity contribution >= 4 is 5.95 Å². The lowest BCUT2D eigenvalue weighted by molar-refractivity contribution is 0.281. The van der Waals surface area contributed by atoms with Gasteiger partial charge >= 0.3 is 0 Å². The molecule has 0 bridgehead atoms. The van der Waals surface area contributed by atoms with Gasteiger partial charge in [0.2, 0.25) is 5.95 Å². The van der Waals surface area contributed by atoms with Gasteiger partial charge in [-0.2, -0.15) is 0 Å². The van der Waals surface area contributed by atoms with Crippen molar-refractivity contribution in [2.75, 3.05) is 11.9 Å². The highest BCUT2D eigenvalue weighted by Crippen LogP contribution is 2.18. The third kappa shape index (κ3) is 3.43. The standard InChI is InChI=1S/C10H18N4O/c1-7(6-15)12-9-11-5-8(13-14-9)10(2,3)4/h5,7,15H,6H2,1-4H3,(H,11,12,14). The van der Waals surface area contributed by atoms with E-state index in [2.05, 4.69) is 41.3 Å². The van der Waals surface area contributed by atoms with E-state index in [4.69, 9.17) is 5.11 Å². The number of rotatable bonds is 3. The highest BCUT2D eigenvalue weighted by Gasteiger charge is 2.16. The molecule has 0 aliphatic carbocycles. The van der Waals surface area contributed by atoms with Crippen molar-refractivity contribution in [3.8, 4) is 0 Å². The quantitative estimate of drug-likeness (QED) is 0.777. The Hall–Kier alpha value is -1.23. The molecule has 84 valence electrons. The van der Waals surface area contributed by atoms with Crippen molar-refractivity contribution in [3.05, 3.63) is 11.9 Å². The Morgan fingerprint density at radius 2 is 2.07 bits per heavy atom. The van der Waals surface area contributed by atoms with Crippen LogP contribution in [0.15, 0.2) is 6.20 Å². The van der Waals surface area contributed by atoms with E-state index in [-0.39, 0.29) is 18.1 Å². The Morgan fingerprint density at radius 1 is 1.40 bits per heavy atom. The molecule has 0 aliphatic heterocycles. The molecule has 1 rings (SSSR count). The summed E-state index contributed by atoms with van der Waals surface area (Å²) >= 11 is 0. The molecular formula is C10H18N4O. The molecule has 0 fully saturated rings. The summed E-state index contributed by atoms with van der Waals surface area (Å²) in [5.74, 6) is 0.449. The molecule has 0 aromatic carbocycles. The Morgan fingerprint density at radius 3 is 2.47 bits per heavy atom. The van der Waals surface area contributed by atoms with Gasteiger partial charge in [0.25, 0.3) is 0 Å². The second kappa shape index (κ2) is 4.53. The van der Waals surface area contributed by atoms with Gasteiger partial charge in [-0.3, -0.25) is 0 Å². The van der Waals surface area contributed by atoms with Crippen LogP contribution in [-0.4, -0.2) is 32.9 Å². The molecule has 5 nitrogen and oxygen atoms in total. The van der Waals surface area contributed by atoms with Crippen molar-refractivity contribution in [3.63, 3.8) is 0 Å². The van der Waals surface area contributed by atoms with E-state index in [1.54, 1.807) is 6.20 Å². The summed E-state index contributed by atoms with van der Waals surface area (Å²) in [6.45, 7) is 8.07. The van der Waals surface area contributed by atoms with Crippen LogP contribution in [-0.2, 0) is 5.41 Å². The lowest BCUT2D eigenvalue weighted by Gasteiger charge is -2.16. The van der Waals surface area contributed by atoms with Crippen molar-refractivity contribution in [2.24, 2.45) is 0 Å². The molecule has 1 heterocycles. The van der Waals surface area contributed by atoms with E-state index >= 15 is 0 Å². The van der Waals surface area contributed by atoms with E-state index in [1.807, 2.05) is 6.92 Å². The zero-order valence-corrected chi connectivity index (χ0v) is 9.65. The molecule has 0 saturated carbocycles. The Balaban J connectivity index is 2.73. The van der Waals surface area contributed by atoms with Gasteiger partial charge < -0.3 is 10.4 Å². The lowest BCUT2D eigenvalue weighted by Crippen LogP contribution is -2.22. The van der Waals surface area contributed by atoms with Crippen LogP contribution in [0.4, 0.5) is 5.95 Å². The minimum atomic E-state index is -0.0627. The second-order valence-corrected chi connectivity index (χ2v) is 4.65. The number of hydrogen-bond acceptors (Lipinski definition) is 5. The summed E-state index contributed by atoms with van der Waals surface area (Å²) in [6, 6.07) is -0.0627. The largest absolute Gasteiger partial charge is 0.394 e. The molecule has 0 spiro atoms. The molecule has 1 unspecified atom stereocenters. The average molecular weight is 210 g/mol. The molecule has 0 saturated heterocycles. The SMILES string of the molecule is CC(CO)Nc1ncc(C(C)(C)C)nn1. The smallest absolute Gasteiger partial charge is 0.242 e. The summed E-state index contributed by atoms with van der Waals surface area (Å²) in [6.07, 6.45) is 1.71. The van der Waals surface area contributed by atoms with Crippen molar-refractivity contribution in [2.45, 2.75) is 39.2 Å². The number of aliphatic hydroxyl groups excluding tert-OH is 1. The van der Waals surface area contributed by atoms with Crippen LogP contribution in [0, 0.1) is 0 Å². The van der Waals surface area contributed by atoms with E-state index in [9.17, 15) is 0 Å². The number of nitrogens with one attached hydrogen (secondary N) is 1. The maximum Gasteiger partial charge on any atom is 0.242 e. The molecule has 0 radical (unpaired) electrons. The van der Waals surface area contributed by atoms with Gasteiger partial charge in [0, 0.05) is 11.5 Å². The van der Waals surface area contributed by atoms with E-state index < -0.39 is 0 Å². The molecule has 5 heteroatoms. The normalized spacial score (nSPS) is 13.7. The number of anilines is 1. The Bertz CT molecular complexity index is 304. The molecule has 1 aromatic heterocycles. The van der Waals surface area contributed by atoms with Crippen LogP contribution < -0.4 is 5.32 Å². The molecule has 2 N–H and O–H groups in total. The second-order valence-electron chi connectivity index (χ2n) is 4.65. The minimum Gasteiger partial charge on any atom is -0.394 e. The Kier molecular flexibility index (Phi) is 3.57. The van der Waals surface area contributed by atoms with Gasteiger partial charge in [-0.1, -0.05) is 20.8 Å². The molecule has 1 atom stereocenters. The monoisotopic (exact) mass is 210 g/mol. The van der Waals surface area contributed by atoms with E-state index in [0.29, 0.717) is 5.95 Å². The highest BCUT2D eigenvalue weighted by atomic mass is 16.3. The van der Waals surface area contributed by atoms with E-state index in [0.717, 1.165) is 5.69 Å². The third-order valence-corrected chi connectivity index (χ3v) is 1.98. The number of hydrogen-bond donors (Lipinski definition) is 2. The van der Waals surface area contributed by atoms with Gasteiger partial charge in [0.1, 0.15) is 0 Å². The number of nitrogens with zero attached hydrogens (tertiary/aromatic N) is 3. The van der Waals surface area contributed by atoms with Crippen molar-refractivity contribution in [1.82, 2.24) is 15.2 Å². The number of aromatic nitrogens is 3. The maximum absolute atomic E-state index is 8.84. The predicted molar refractivity (Wildman–Crippen MR) is 58.7 cm³/mol. The van der Waals surface area contributed by atoms with Crippen LogP contribution in [0.1, 0.15) is 33.4 Å². The van der Waals surface area contributed by atoms with Gasteiger partial charge in [-0.15, -0.1) is 10.2 Å². The minimum absolute atomic E-state index is 0.0406. The van der Waals surface area contributed by atoms with Crippen molar-refractivity contribution in [1.29, 1.82) is 0 Å². The molecule has 0 amide bonds. The summed E-state index contributed by atoms with van der Waals surface area (Å²) in [5.41, 5.74) is 0.811. The first kappa shape index (κ1) is 11.8. The van der Waals surface area contributed by atoms with Crippen molar-refractivity contribution < 1.29 is 5.11 Å². The van der Waals surface area contributed by atoms with Crippen LogP contribution in [0.3, 0.4) is 0 Å². The Labute approximate surface area is 90.0 Å². The molecule has 1 aromatic rings.